The summed E-state index contributed by atoms with van der Waals surface area (Å²) in [6.45, 7) is 8.74. The third kappa shape index (κ3) is 3.28. The van der Waals surface area contributed by atoms with Crippen molar-refractivity contribution in [3.8, 4) is 17.2 Å². The molecule has 1 aromatic carbocycles. The molecule has 176 valence electrons. The van der Waals surface area contributed by atoms with Crippen LogP contribution in [0.1, 0.15) is 71.0 Å². The molecule has 1 spiro atoms. The second-order valence-electron chi connectivity index (χ2n) is 10.7. The molecular formula is C26H37NO5. The van der Waals surface area contributed by atoms with Gasteiger partial charge in [-0.3, -0.25) is 4.79 Å². The number of nitrogens with one attached hydrogen (secondary N) is 1. The maximum absolute atomic E-state index is 12.7. The largest absolute Gasteiger partial charge is 0.493 e. The van der Waals surface area contributed by atoms with Crippen molar-refractivity contribution in [3.05, 3.63) is 17.7 Å². The number of benzene rings is 1. The van der Waals surface area contributed by atoms with Crippen LogP contribution in [-0.2, 0) is 9.53 Å². The number of fused-ring (bicyclic) bond motifs is 2. The summed E-state index contributed by atoms with van der Waals surface area (Å²) in [5.74, 6) is 3.29. The topological polar surface area (TPSA) is 66.0 Å². The first kappa shape index (κ1) is 21.9. The Morgan fingerprint density at radius 3 is 2.81 bits per heavy atom. The Labute approximate surface area is 191 Å². The number of ether oxygens (including phenoxy) is 4. The van der Waals surface area contributed by atoms with Gasteiger partial charge in [0.05, 0.1) is 26.4 Å². The summed E-state index contributed by atoms with van der Waals surface area (Å²) in [4.78, 5) is 12.7. The zero-order chi connectivity index (χ0) is 22.5. The molecule has 1 unspecified atom stereocenters. The fourth-order valence-corrected chi connectivity index (χ4v) is 7.15. The van der Waals surface area contributed by atoms with Gasteiger partial charge < -0.3 is 24.3 Å². The zero-order valence-corrected chi connectivity index (χ0v) is 19.9. The Bertz CT molecular complexity index is 883. The quantitative estimate of drug-likeness (QED) is 0.717. The summed E-state index contributed by atoms with van der Waals surface area (Å²) in [6, 6.07) is 4.35. The first-order valence-corrected chi connectivity index (χ1v) is 12.3. The van der Waals surface area contributed by atoms with Gasteiger partial charge in [-0.1, -0.05) is 20.8 Å². The van der Waals surface area contributed by atoms with Gasteiger partial charge in [-0.2, -0.15) is 0 Å². The van der Waals surface area contributed by atoms with E-state index in [1.54, 1.807) is 7.11 Å². The number of methoxy groups -OCH3 is 1. The van der Waals surface area contributed by atoms with E-state index in [9.17, 15) is 4.79 Å². The zero-order valence-electron chi connectivity index (χ0n) is 19.9. The van der Waals surface area contributed by atoms with Gasteiger partial charge in [0.25, 0.3) is 0 Å². The van der Waals surface area contributed by atoms with Gasteiger partial charge in [-0.15, -0.1) is 0 Å². The standard InChI is InChI=1S/C26H37NO5/c1-5-7-21(28)27-24-25(2,3)17-14-18-22(32-11-8-26(18,24)15-17)16-12-19(29-4)23-20(13-16)30-9-6-10-31-23/h12-13,17-18,22,24H,5-11,14-15H2,1-4H3,(H,27,28)/t17-,18-,22-,24+,26?/m1/s1. The van der Waals surface area contributed by atoms with Crippen molar-refractivity contribution in [2.75, 3.05) is 26.9 Å². The number of carbonyl (C=O) groups is 1. The molecular weight excluding hydrogens is 406 g/mol. The van der Waals surface area contributed by atoms with E-state index in [2.05, 4.69) is 38.2 Å². The van der Waals surface area contributed by atoms with Crippen molar-refractivity contribution >= 4 is 5.91 Å². The molecule has 2 aliphatic carbocycles. The van der Waals surface area contributed by atoms with Gasteiger partial charge >= 0.3 is 0 Å². The molecule has 6 nitrogen and oxygen atoms in total. The first-order valence-electron chi connectivity index (χ1n) is 12.3. The third-order valence-electron chi connectivity index (χ3n) is 8.67. The number of carbonyl (C=O) groups excluding carboxylic acids is 1. The van der Waals surface area contributed by atoms with E-state index in [4.69, 9.17) is 18.9 Å². The molecule has 6 heteroatoms. The second-order valence-corrected chi connectivity index (χ2v) is 10.7. The minimum absolute atomic E-state index is 0.0264. The van der Waals surface area contributed by atoms with E-state index in [0.717, 1.165) is 37.0 Å². The lowest BCUT2D eigenvalue weighted by Crippen LogP contribution is -2.58. The summed E-state index contributed by atoms with van der Waals surface area (Å²) in [5, 5.41) is 3.48. The first-order chi connectivity index (χ1) is 15.4. The lowest BCUT2D eigenvalue weighted by molar-refractivity contribution is -0.137. The van der Waals surface area contributed by atoms with E-state index in [1.807, 2.05) is 0 Å². The minimum Gasteiger partial charge on any atom is -0.493 e. The van der Waals surface area contributed by atoms with Crippen LogP contribution in [0.2, 0.25) is 0 Å². The summed E-state index contributed by atoms with van der Waals surface area (Å²) >= 11 is 0. The number of rotatable bonds is 5. The molecule has 1 amide bonds. The molecule has 0 aromatic heterocycles. The van der Waals surface area contributed by atoms with Crippen LogP contribution in [-0.4, -0.2) is 38.9 Å². The van der Waals surface area contributed by atoms with Crippen LogP contribution in [0.3, 0.4) is 0 Å². The molecule has 2 aliphatic heterocycles. The predicted octanol–water partition coefficient (Wildman–Crippen LogP) is 4.66. The SMILES string of the molecule is CCCC(=O)N[C@H]1C(C)(C)[C@@H]2C[C@@H]3[C@@H](c4cc(OC)c5c(c4)OCCCO5)OCCC31C2. The van der Waals surface area contributed by atoms with Crippen LogP contribution in [0.5, 0.6) is 17.2 Å². The normalized spacial score (nSPS) is 34.5. The molecule has 1 N–H and O–H groups in total. The summed E-state index contributed by atoms with van der Waals surface area (Å²) in [5.41, 5.74) is 1.28. The van der Waals surface area contributed by atoms with Gasteiger partial charge in [0.15, 0.2) is 11.5 Å². The second kappa shape index (κ2) is 8.12. The number of hydrogen-bond donors (Lipinski definition) is 1. The highest BCUT2D eigenvalue weighted by molar-refractivity contribution is 5.76. The average Bonchev–Trinajstić information content (AvgIpc) is 3.13. The molecule has 2 bridgehead atoms. The molecule has 2 saturated carbocycles. The molecule has 1 aromatic rings. The Hall–Kier alpha value is -1.95. The fraction of sp³-hybridized carbons (Fsp3) is 0.731. The van der Waals surface area contributed by atoms with Crippen LogP contribution in [0.4, 0.5) is 0 Å². The molecule has 0 radical (unpaired) electrons. The monoisotopic (exact) mass is 443 g/mol. The lowest BCUT2D eigenvalue weighted by atomic mass is 9.58. The summed E-state index contributed by atoms with van der Waals surface area (Å²) in [6.07, 6.45) is 5.61. The molecule has 2 heterocycles. The Morgan fingerprint density at radius 1 is 1.22 bits per heavy atom. The van der Waals surface area contributed by atoms with Crippen molar-refractivity contribution < 1.29 is 23.7 Å². The number of amides is 1. The van der Waals surface area contributed by atoms with Crippen LogP contribution in [0.25, 0.3) is 0 Å². The third-order valence-corrected chi connectivity index (χ3v) is 8.67. The lowest BCUT2D eigenvalue weighted by Gasteiger charge is -2.53. The van der Waals surface area contributed by atoms with Crippen molar-refractivity contribution in [2.24, 2.45) is 22.7 Å². The van der Waals surface area contributed by atoms with Gasteiger partial charge in [-0.25, -0.2) is 0 Å². The number of hydrogen-bond acceptors (Lipinski definition) is 5. The highest BCUT2D eigenvalue weighted by Crippen LogP contribution is 2.70. The van der Waals surface area contributed by atoms with Gasteiger partial charge in [-0.05, 0) is 66.0 Å². The molecule has 1 saturated heterocycles. The van der Waals surface area contributed by atoms with Crippen LogP contribution < -0.4 is 19.5 Å². The molecule has 32 heavy (non-hydrogen) atoms. The van der Waals surface area contributed by atoms with Crippen molar-refractivity contribution in [1.82, 2.24) is 5.32 Å². The molecule has 4 aliphatic rings. The molecule has 5 atom stereocenters. The fourth-order valence-electron chi connectivity index (χ4n) is 7.15. The van der Waals surface area contributed by atoms with Crippen molar-refractivity contribution in [3.63, 3.8) is 0 Å². The Morgan fingerprint density at radius 2 is 2.03 bits per heavy atom. The van der Waals surface area contributed by atoms with Crippen LogP contribution in [0, 0.1) is 22.7 Å². The smallest absolute Gasteiger partial charge is 0.220 e. The summed E-state index contributed by atoms with van der Waals surface area (Å²) < 4.78 is 24.1. The predicted molar refractivity (Wildman–Crippen MR) is 121 cm³/mol. The molecule has 3 fully saturated rings. The maximum Gasteiger partial charge on any atom is 0.220 e. The Balaban J connectivity index is 1.50. The minimum atomic E-state index is -0.0264. The van der Waals surface area contributed by atoms with E-state index in [0.29, 0.717) is 49.6 Å². The van der Waals surface area contributed by atoms with Gasteiger partial charge in [0, 0.05) is 25.5 Å². The molecule has 5 rings (SSSR count). The average molecular weight is 444 g/mol. The maximum atomic E-state index is 12.7. The van der Waals surface area contributed by atoms with Crippen LogP contribution >= 0.6 is 0 Å². The van der Waals surface area contributed by atoms with Crippen molar-refractivity contribution in [1.29, 1.82) is 0 Å². The Kier molecular flexibility index (Phi) is 5.55. The highest BCUT2D eigenvalue weighted by atomic mass is 16.5. The summed E-state index contributed by atoms with van der Waals surface area (Å²) in [7, 11) is 1.68. The van der Waals surface area contributed by atoms with Gasteiger partial charge in [0.1, 0.15) is 0 Å². The van der Waals surface area contributed by atoms with E-state index < -0.39 is 0 Å². The van der Waals surface area contributed by atoms with E-state index in [-0.39, 0.29) is 28.9 Å². The van der Waals surface area contributed by atoms with Crippen molar-refractivity contribution in [2.45, 2.75) is 71.4 Å². The van der Waals surface area contributed by atoms with Crippen LogP contribution in [0.15, 0.2) is 12.1 Å². The van der Waals surface area contributed by atoms with E-state index >= 15 is 0 Å². The highest BCUT2D eigenvalue weighted by Gasteiger charge is 2.68. The van der Waals surface area contributed by atoms with Gasteiger partial charge in [0.2, 0.25) is 11.7 Å². The van der Waals surface area contributed by atoms with E-state index in [1.165, 1.54) is 6.42 Å².